The van der Waals surface area contributed by atoms with Gasteiger partial charge in [0.15, 0.2) is 0 Å². The molecule has 9 nitrogen and oxygen atoms in total. The smallest absolute Gasteiger partial charge is 0.261 e. The van der Waals surface area contributed by atoms with Crippen LogP contribution in [0.3, 0.4) is 0 Å². The van der Waals surface area contributed by atoms with Crippen LogP contribution in [-0.2, 0) is 6.54 Å². The number of β-amino-alcohol motifs (C(OH)–C–C–N with tert-alkyl or cyclic N) is 1. The highest BCUT2D eigenvalue weighted by Gasteiger charge is 2.27. The third kappa shape index (κ3) is 4.63. The van der Waals surface area contributed by atoms with Gasteiger partial charge in [0.1, 0.15) is 22.9 Å². The quantitative estimate of drug-likeness (QED) is 0.337. The molecule has 2 aliphatic rings. The Labute approximate surface area is 201 Å². The van der Waals surface area contributed by atoms with Gasteiger partial charge in [-0.05, 0) is 48.7 Å². The summed E-state index contributed by atoms with van der Waals surface area (Å²) in [4.78, 5) is 19.6. The van der Waals surface area contributed by atoms with Crippen molar-refractivity contribution >= 4 is 34.5 Å². The van der Waals surface area contributed by atoms with Crippen molar-refractivity contribution in [3.8, 4) is 5.75 Å². The van der Waals surface area contributed by atoms with Gasteiger partial charge in [0.25, 0.3) is 5.91 Å². The molecule has 2 aromatic carbocycles. The lowest BCUT2D eigenvalue weighted by molar-refractivity contribution is -0.0403. The maximum Gasteiger partial charge on any atom is 0.261 e. The Balaban J connectivity index is 1.40. The van der Waals surface area contributed by atoms with Gasteiger partial charge >= 0.3 is 0 Å². The first kappa shape index (κ1) is 23.0. The molecule has 0 unspecified atom stereocenters. The molecule has 2 atom stereocenters. The summed E-state index contributed by atoms with van der Waals surface area (Å²) in [6, 6.07) is 9.68. The minimum atomic E-state index is -0.780. The van der Waals surface area contributed by atoms with Crippen LogP contribution in [-0.4, -0.2) is 56.4 Å². The first-order valence-electron chi connectivity index (χ1n) is 11.3. The van der Waals surface area contributed by atoms with Gasteiger partial charge in [-0.1, -0.05) is 6.07 Å². The minimum absolute atomic E-state index is 0.0344. The molecule has 3 aromatic rings. The third-order valence-electron chi connectivity index (χ3n) is 6.35. The fraction of sp³-hybridized carbons (Fsp3) is 0.280. The molecule has 0 aliphatic carbocycles. The molecule has 1 fully saturated rings. The van der Waals surface area contributed by atoms with Crippen LogP contribution in [0.1, 0.15) is 27.9 Å². The van der Waals surface area contributed by atoms with Crippen LogP contribution in [0.5, 0.6) is 5.75 Å². The number of hydrogen-bond donors (Lipinski definition) is 6. The van der Waals surface area contributed by atoms with E-state index < -0.39 is 23.9 Å². The summed E-state index contributed by atoms with van der Waals surface area (Å²) >= 11 is 0. The number of fused-ring (bicyclic) bond motifs is 2. The third-order valence-corrected chi connectivity index (χ3v) is 6.35. The van der Waals surface area contributed by atoms with E-state index in [1.165, 1.54) is 18.3 Å². The number of aliphatic hydroxyl groups is 2. The second kappa shape index (κ2) is 9.14. The Hall–Kier alpha value is -3.73. The molecule has 1 aromatic heterocycles. The lowest BCUT2D eigenvalue weighted by Crippen LogP contribution is -2.46. The first-order valence-corrected chi connectivity index (χ1v) is 11.3. The lowest BCUT2D eigenvalue weighted by atomic mass is 10.0. The molecule has 0 saturated carbocycles. The zero-order valence-electron chi connectivity index (χ0n) is 19.0. The van der Waals surface area contributed by atoms with Crippen LogP contribution in [0, 0.1) is 12.7 Å². The summed E-state index contributed by atoms with van der Waals surface area (Å²) in [5.41, 5.74) is 3.12. The molecule has 5 rings (SSSR count). The number of rotatable bonds is 4. The summed E-state index contributed by atoms with van der Waals surface area (Å²) in [6.07, 6.45) is 0.522. The van der Waals surface area contributed by atoms with Gasteiger partial charge in [-0.25, -0.2) is 9.37 Å². The number of nitrogens with zero attached hydrogens (tertiary/aromatic N) is 2. The van der Waals surface area contributed by atoms with Gasteiger partial charge < -0.3 is 31.3 Å². The van der Waals surface area contributed by atoms with E-state index in [4.69, 9.17) is 0 Å². The molecule has 10 heteroatoms. The monoisotopic (exact) mass is 479 g/mol. The Morgan fingerprint density at radius 1 is 1.11 bits per heavy atom. The predicted octanol–water partition coefficient (Wildman–Crippen LogP) is 3.22. The molecular weight excluding hydrogens is 453 g/mol. The number of benzene rings is 2. The summed E-state index contributed by atoms with van der Waals surface area (Å²) < 4.78 is 14.5. The Morgan fingerprint density at radius 2 is 1.94 bits per heavy atom. The number of aliphatic hydroxyl groups excluding tert-OH is 2. The van der Waals surface area contributed by atoms with Crippen LogP contribution in [0.4, 0.5) is 33.0 Å². The standard InChI is InChI=1S/C25H26FN5O4/c1-13-8-15(26)18(10-21(13)33)28-17-4-6-27-24-23(17)25(35)30-19-9-14(2-3-16(19)29-24)11-31-7-5-20(32)22(34)12-31/h2-4,6,8-10,20,22,32-34H,5,7,11-12H2,1H3,(H,30,35)(H2,27,28,29)/t20-,22+/m0/s1. The molecule has 2 aliphatic heterocycles. The highest BCUT2D eigenvalue weighted by Crippen LogP contribution is 2.36. The fourth-order valence-corrected chi connectivity index (χ4v) is 4.39. The van der Waals surface area contributed by atoms with Crippen molar-refractivity contribution in [3.05, 3.63) is 65.1 Å². The zero-order chi connectivity index (χ0) is 24.7. The second-order valence-corrected chi connectivity index (χ2v) is 8.94. The van der Waals surface area contributed by atoms with E-state index in [9.17, 15) is 24.5 Å². The van der Waals surface area contributed by atoms with Crippen molar-refractivity contribution in [2.24, 2.45) is 0 Å². The Morgan fingerprint density at radius 3 is 2.74 bits per heavy atom. The molecular formula is C25H26FN5O4. The summed E-state index contributed by atoms with van der Waals surface area (Å²) in [6.45, 7) is 3.19. The zero-order valence-corrected chi connectivity index (χ0v) is 19.0. The van der Waals surface area contributed by atoms with Gasteiger partial charge in [-0.15, -0.1) is 0 Å². The van der Waals surface area contributed by atoms with E-state index >= 15 is 0 Å². The SMILES string of the molecule is Cc1cc(F)c(Nc2ccnc3c2C(=O)Nc2cc(CN4CC[C@H](O)[C@H](O)C4)ccc2N3)cc1O. The van der Waals surface area contributed by atoms with Gasteiger partial charge in [0, 0.05) is 31.9 Å². The van der Waals surface area contributed by atoms with Crippen LogP contribution >= 0.6 is 0 Å². The van der Waals surface area contributed by atoms with Crippen LogP contribution in [0.2, 0.25) is 0 Å². The van der Waals surface area contributed by atoms with E-state index in [2.05, 4.69) is 25.8 Å². The largest absolute Gasteiger partial charge is 0.508 e. The van der Waals surface area contributed by atoms with Crippen molar-refractivity contribution < 1.29 is 24.5 Å². The number of carbonyl (C=O) groups excluding carboxylic acids is 1. The summed E-state index contributed by atoms with van der Waals surface area (Å²) in [5, 5.41) is 38.7. The molecule has 35 heavy (non-hydrogen) atoms. The van der Waals surface area contributed by atoms with Crippen LogP contribution in [0.15, 0.2) is 42.6 Å². The lowest BCUT2D eigenvalue weighted by Gasteiger charge is -2.33. The summed E-state index contributed by atoms with van der Waals surface area (Å²) in [7, 11) is 0. The molecule has 6 N–H and O–H groups in total. The number of piperidine rings is 1. The molecule has 1 saturated heterocycles. The van der Waals surface area contributed by atoms with Crippen LogP contribution < -0.4 is 16.0 Å². The maximum absolute atomic E-state index is 14.5. The van der Waals surface area contributed by atoms with E-state index in [-0.39, 0.29) is 17.0 Å². The number of amides is 1. The number of anilines is 5. The van der Waals surface area contributed by atoms with E-state index in [1.807, 2.05) is 18.2 Å². The van der Waals surface area contributed by atoms with Crippen LogP contribution in [0.25, 0.3) is 0 Å². The van der Waals surface area contributed by atoms with E-state index in [1.54, 1.807) is 13.0 Å². The molecule has 0 bridgehead atoms. The minimum Gasteiger partial charge on any atom is -0.508 e. The van der Waals surface area contributed by atoms with Gasteiger partial charge in [0.2, 0.25) is 0 Å². The number of pyridine rings is 1. The van der Waals surface area contributed by atoms with E-state index in [0.717, 1.165) is 5.56 Å². The van der Waals surface area contributed by atoms with Crippen molar-refractivity contribution in [1.82, 2.24) is 9.88 Å². The van der Waals surface area contributed by atoms with Gasteiger partial charge in [-0.3, -0.25) is 9.69 Å². The normalized spacial score (nSPS) is 19.7. The van der Waals surface area contributed by atoms with E-state index in [0.29, 0.717) is 54.5 Å². The average Bonchev–Trinajstić information content (AvgIpc) is 2.95. The Kier molecular flexibility index (Phi) is 6.01. The first-order chi connectivity index (χ1) is 16.8. The molecule has 0 spiro atoms. The molecule has 0 radical (unpaired) electrons. The number of phenolic OH excluding ortho intramolecular Hbond substituents is 1. The number of aromatic nitrogens is 1. The number of halogens is 1. The number of hydrogen-bond acceptors (Lipinski definition) is 8. The van der Waals surface area contributed by atoms with Gasteiger partial charge in [0.05, 0.1) is 35.0 Å². The van der Waals surface area contributed by atoms with Crippen molar-refractivity contribution in [3.63, 3.8) is 0 Å². The maximum atomic E-state index is 14.5. The number of likely N-dealkylation sites (tertiary alicyclic amines) is 1. The number of nitrogens with one attached hydrogen (secondary N) is 3. The molecule has 1 amide bonds. The number of carbonyl (C=O) groups is 1. The highest BCUT2D eigenvalue weighted by molar-refractivity contribution is 6.15. The predicted molar refractivity (Wildman–Crippen MR) is 130 cm³/mol. The van der Waals surface area contributed by atoms with Crippen molar-refractivity contribution in [2.45, 2.75) is 32.1 Å². The van der Waals surface area contributed by atoms with Crippen molar-refractivity contribution in [2.75, 3.05) is 29.0 Å². The fourth-order valence-electron chi connectivity index (χ4n) is 4.39. The highest BCUT2D eigenvalue weighted by atomic mass is 19.1. The summed E-state index contributed by atoms with van der Waals surface area (Å²) in [5.74, 6) is -0.737. The molecule has 182 valence electrons. The number of phenols is 1. The van der Waals surface area contributed by atoms with Gasteiger partial charge in [-0.2, -0.15) is 0 Å². The number of aryl methyl sites for hydroxylation is 1. The second-order valence-electron chi connectivity index (χ2n) is 8.94. The number of aromatic hydroxyl groups is 1. The average molecular weight is 480 g/mol. The topological polar surface area (TPSA) is 130 Å². The van der Waals surface area contributed by atoms with Crippen molar-refractivity contribution in [1.29, 1.82) is 0 Å². The Bertz CT molecular complexity index is 1300. The molecule has 3 heterocycles.